The molecule has 20 heavy (non-hydrogen) atoms. The Hall–Kier alpha value is -2.03. The fourth-order valence-corrected chi connectivity index (χ4v) is 2.65. The summed E-state index contributed by atoms with van der Waals surface area (Å²) in [5, 5.41) is 3.04. The van der Waals surface area contributed by atoms with Gasteiger partial charge in [-0.1, -0.05) is 18.2 Å². The van der Waals surface area contributed by atoms with Gasteiger partial charge in [0.25, 0.3) is 0 Å². The summed E-state index contributed by atoms with van der Waals surface area (Å²) >= 11 is 0. The number of nitrogens with one attached hydrogen (secondary N) is 1. The molecule has 2 aromatic rings. The summed E-state index contributed by atoms with van der Waals surface area (Å²) in [6.45, 7) is 4.84. The van der Waals surface area contributed by atoms with Gasteiger partial charge in [-0.3, -0.25) is 4.79 Å². The highest BCUT2D eigenvalue weighted by atomic mass is 16.2. The van der Waals surface area contributed by atoms with E-state index in [2.05, 4.69) is 41.9 Å². The Bertz CT molecular complexity index is 624. The lowest BCUT2D eigenvalue weighted by Crippen LogP contribution is -2.24. The highest BCUT2D eigenvalue weighted by molar-refractivity contribution is 5.80. The van der Waals surface area contributed by atoms with Crippen LogP contribution in [-0.4, -0.2) is 10.5 Å². The van der Waals surface area contributed by atoms with Crippen molar-refractivity contribution in [3.05, 3.63) is 53.3 Å². The summed E-state index contributed by atoms with van der Waals surface area (Å²) in [5.41, 5.74) is 4.76. The first kappa shape index (κ1) is 13.0. The highest BCUT2D eigenvalue weighted by Crippen LogP contribution is 2.29. The van der Waals surface area contributed by atoms with Crippen LogP contribution in [0.4, 0.5) is 0 Å². The maximum absolute atomic E-state index is 11.7. The second-order valence-electron chi connectivity index (χ2n) is 5.56. The number of amides is 1. The Kier molecular flexibility index (Phi) is 3.35. The molecule has 0 bridgehead atoms. The molecule has 1 saturated carbocycles. The molecule has 3 nitrogen and oxygen atoms in total. The van der Waals surface area contributed by atoms with Gasteiger partial charge in [0.1, 0.15) is 0 Å². The molecule has 1 fully saturated rings. The Morgan fingerprint density at radius 1 is 1.25 bits per heavy atom. The number of benzene rings is 1. The Morgan fingerprint density at radius 2 is 1.95 bits per heavy atom. The Morgan fingerprint density at radius 3 is 2.60 bits per heavy atom. The van der Waals surface area contributed by atoms with Crippen LogP contribution in [0.2, 0.25) is 0 Å². The summed E-state index contributed by atoms with van der Waals surface area (Å²) in [6, 6.07) is 12.5. The van der Waals surface area contributed by atoms with Crippen LogP contribution in [0.1, 0.15) is 29.8 Å². The van der Waals surface area contributed by atoms with Crippen molar-refractivity contribution in [2.45, 2.75) is 33.2 Å². The zero-order valence-electron chi connectivity index (χ0n) is 12.0. The van der Waals surface area contributed by atoms with Crippen molar-refractivity contribution in [3.8, 4) is 5.69 Å². The first-order valence-electron chi connectivity index (χ1n) is 7.18. The molecule has 1 aromatic heterocycles. The third kappa shape index (κ3) is 2.48. The third-order valence-corrected chi connectivity index (χ3v) is 3.95. The number of nitrogens with zero attached hydrogens (tertiary/aromatic N) is 1. The molecular weight excluding hydrogens is 248 g/mol. The van der Waals surface area contributed by atoms with Crippen molar-refractivity contribution in [1.29, 1.82) is 0 Å². The number of rotatable bonds is 4. The number of carbonyl (C=O) groups is 1. The van der Waals surface area contributed by atoms with Gasteiger partial charge >= 0.3 is 0 Å². The van der Waals surface area contributed by atoms with Crippen molar-refractivity contribution < 1.29 is 4.79 Å². The Balaban J connectivity index is 1.81. The lowest BCUT2D eigenvalue weighted by molar-refractivity contribution is -0.122. The number of hydrogen-bond donors (Lipinski definition) is 1. The van der Waals surface area contributed by atoms with Gasteiger partial charge < -0.3 is 9.88 Å². The maximum atomic E-state index is 11.7. The topological polar surface area (TPSA) is 34.0 Å². The maximum Gasteiger partial charge on any atom is 0.223 e. The molecule has 1 aliphatic rings. The lowest BCUT2D eigenvalue weighted by Gasteiger charge is -2.10. The van der Waals surface area contributed by atoms with Crippen molar-refractivity contribution in [3.63, 3.8) is 0 Å². The van der Waals surface area contributed by atoms with Crippen molar-refractivity contribution >= 4 is 5.91 Å². The predicted octanol–water partition coefficient (Wildman–Crippen LogP) is 3.12. The van der Waals surface area contributed by atoms with E-state index in [-0.39, 0.29) is 11.8 Å². The summed E-state index contributed by atoms with van der Waals surface area (Å²) in [6.07, 6.45) is 2.10. The molecule has 0 aliphatic heterocycles. The fourth-order valence-electron chi connectivity index (χ4n) is 2.65. The first-order chi connectivity index (χ1) is 9.66. The molecular formula is C17H20N2O. The van der Waals surface area contributed by atoms with Gasteiger partial charge in [0.15, 0.2) is 0 Å². The summed E-state index contributed by atoms with van der Waals surface area (Å²) < 4.78 is 2.23. The standard InChI is InChI=1S/C17H20N2O/c1-12-10-15(11-18-17(20)14-8-9-14)13(2)19(12)16-6-4-3-5-7-16/h3-7,10,14H,8-9,11H2,1-2H3,(H,18,20). The van der Waals surface area contributed by atoms with Crippen LogP contribution in [0.15, 0.2) is 36.4 Å². The zero-order chi connectivity index (χ0) is 14.1. The number of hydrogen-bond acceptors (Lipinski definition) is 1. The van der Waals surface area contributed by atoms with E-state index in [0.717, 1.165) is 12.8 Å². The largest absolute Gasteiger partial charge is 0.352 e. The first-order valence-corrected chi connectivity index (χ1v) is 7.18. The highest BCUT2D eigenvalue weighted by Gasteiger charge is 2.29. The van der Waals surface area contributed by atoms with E-state index in [9.17, 15) is 4.79 Å². The van der Waals surface area contributed by atoms with Crippen LogP contribution in [0, 0.1) is 19.8 Å². The molecule has 104 valence electrons. The lowest BCUT2D eigenvalue weighted by atomic mass is 10.2. The number of aryl methyl sites for hydroxylation is 1. The van der Waals surface area contributed by atoms with Crippen molar-refractivity contribution in [2.24, 2.45) is 5.92 Å². The van der Waals surface area contributed by atoms with Gasteiger partial charge in [0, 0.05) is 29.5 Å². The summed E-state index contributed by atoms with van der Waals surface area (Å²) in [7, 11) is 0. The van der Waals surface area contributed by atoms with Gasteiger partial charge in [0.2, 0.25) is 5.91 Å². The van der Waals surface area contributed by atoms with Crippen LogP contribution < -0.4 is 5.32 Å². The molecule has 0 unspecified atom stereocenters. The molecule has 1 N–H and O–H groups in total. The molecule has 1 aromatic carbocycles. The minimum absolute atomic E-state index is 0.203. The number of carbonyl (C=O) groups excluding carboxylic acids is 1. The van der Waals surface area contributed by atoms with E-state index in [0.29, 0.717) is 6.54 Å². The normalized spacial score (nSPS) is 14.3. The van der Waals surface area contributed by atoms with E-state index in [4.69, 9.17) is 0 Å². The SMILES string of the molecule is Cc1cc(CNC(=O)C2CC2)c(C)n1-c1ccccc1. The molecule has 1 heterocycles. The number of aromatic nitrogens is 1. The van der Waals surface area contributed by atoms with E-state index in [1.165, 1.54) is 22.6 Å². The smallest absolute Gasteiger partial charge is 0.223 e. The Labute approximate surface area is 119 Å². The third-order valence-electron chi connectivity index (χ3n) is 3.95. The van der Waals surface area contributed by atoms with Crippen LogP contribution in [0.5, 0.6) is 0 Å². The zero-order valence-corrected chi connectivity index (χ0v) is 12.0. The van der Waals surface area contributed by atoms with Crippen LogP contribution in [0.3, 0.4) is 0 Å². The molecule has 3 heteroatoms. The second kappa shape index (κ2) is 5.16. The minimum Gasteiger partial charge on any atom is -0.352 e. The summed E-state index contributed by atoms with van der Waals surface area (Å²) in [5.74, 6) is 0.474. The van der Waals surface area contributed by atoms with Crippen LogP contribution in [0.25, 0.3) is 5.69 Å². The van der Waals surface area contributed by atoms with Gasteiger partial charge in [-0.25, -0.2) is 0 Å². The van der Waals surface area contributed by atoms with E-state index in [1.54, 1.807) is 0 Å². The average molecular weight is 268 g/mol. The molecule has 1 aliphatic carbocycles. The quantitative estimate of drug-likeness (QED) is 0.908. The van der Waals surface area contributed by atoms with Crippen LogP contribution in [-0.2, 0) is 11.3 Å². The summed E-state index contributed by atoms with van der Waals surface area (Å²) in [4.78, 5) is 11.7. The molecule has 0 radical (unpaired) electrons. The van der Waals surface area contributed by atoms with E-state index >= 15 is 0 Å². The molecule has 0 saturated heterocycles. The molecule has 0 spiro atoms. The number of para-hydroxylation sites is 1. The van der Waals surface area contributed by atoms with E-state index < -0.39 is 0 Å². The monoisotopic (exact) mass is 268 g/mol. The molecule has 0 atom stereocenters. The van der Waals surface area contributed by atoms with Gasteiger partial charge in [-0.05, 0) is 50.5 Å². The molecule has 3 rings (SSSR count). The van der Waals surface area contributed by atoms with Gasteiger partial charge in [0.05, 0.1) is 0 Å². The van der Waals surface area contributed by atoms with Gasteiger partial charge in [-0.15, -0.1) is 0 Å². The average Bonchev–Trinajstić information content (AvgIpc) is 3.25. The predicted molar refractivity (Wildman–Crippen MR) is 79.8 cm³/mol. The van der Waals surface area contributed by atoms with Crippen molar-refractivity contribution in [1.82, 2.24) is 9.88 Å². The van der Waals surface area contributed by atoms with Crippen molar-refractivity contribution in [2.75, 3.05) is 0 Å². The minimum atomic E-state index is 0.203. The van der Waals surface area contributed by atoms with E-state index in [1.807, 2.05) is 18.2 Å². The molecule has 1 amide bonds. The second-order valence-corrected chi connectivity index (χ2v) is 5.56. The van der Waals surface area contributed by atoms with Gasteiger partial charge in [-0.2, -0.15) is 0 Å². The fraction of sp³-hybridized carbons (Fsp3) is 0.353. The van der Waals surface area contributed by atoms with Crippen LogP contribution >= 0.6 is 0 Å².